The van der Waals surface area contributed by atoms with Crippen molar-refractivity contribution >= 4 is 17.2 Å². The molecule has 0 aliphatic rings. The van der Waals surface area contributed by atoms with Crippen molar-refractivity contribution in [2.45, 2.75) is 19.4 Å². The second-order valence-electron chi connectivity index (χ2n) is 4.21. The average molecular weight is 279 g/mol. The molecule has 2 aromatic heterocycles. The van der Waals surface area contributed by atoms with Gasteiger partial charge in [0.25, 0.3) is 5.91 Å². The van der Waals surface area contributed by atoms with Gasteiger partial charge in [-0.15, -0.1) is 11.3 Å². The highest BCUT2D eigenvalue weighted by Gasteiger charge is 2.09. The standard InChI is InChI=1S/C12H17N5OS/c1-17-7-9(6-15-17)3-2-4-14-12(18)10-8-19-11(5-13)16-10/h6-8H,2-5,13H2,1H3,(H,14,18). The summed E-state index contributed by atoms with van der Waals surface area (Å²) in [4.78, 5) is 15.9. The summed E-state index contributed by atoms with van der Waals surface area (Å²) in [6.45, 7) is 1.00. The van der Waals surface area contributed by atoms with Crippen molar-refractivity contribution in [3.63, 3.8) is 0 Å². The summed E-state index contributed by atoms with van der Waals surface area (Å²) in [7, 11) is 1.89. The van der Waals surface area contributed by atoms with Crippen LogP contribution >= 0.6 is 11.3 Å². The van der Waals surface area contributed by atoms with Crippen LogP contribution in [0.3, 0.4) is 0 Å². The van der Waals surface area contributed by atoms with Gasteiger partial charge in [0.05, 0.1) is 6.20 Å². The van der Waals surface area contributed by atoms with Gasteiger partial charge in [0.2, 0.25) is 0 Å². The maximum atomic E-state index is 11.8. The third kappa shape index (κ3) is 3.87. The zero-order valence-electron chi connectivity index (χ0n) is 10.8. The lowest BCUT2D eigenvalue weighted by Gasteiger charge is -2.02. The van der Waals surface area contributed by atoms with Gasteiger partial charge in [-0.2, -0.15) is 5.10 Å². The molecule has 3 N–H and O–H groups in total. The Morgan fingerprint density at radius 1 is 1.58 bits per heavy atom. The summed E-state index contributed by atoms with van der Waals surface area (Å²) >= 11 is 1.41. The Morgan fingerprint density at radius 3 is 3.05 bits per heavy atom. The Kier molecular flexibility index (Phi) is 4.64. The summed E-state index contributed by atoms with van der Waals surface area (Å²) < 4.78 is 1.78. The number of amides is 1. The lowest BCUT2D eigenvalue weighted by Crippen LogP contribution is -2.25. The Balaban J connectivity index is 1.72. The van der Waals surface area contributed by atoms with E-state index in [0.717, 1.165) is 17.8 Å². The molecule has 0 aliphatic carbocycles. The predicted octanol–water partition coefficient (Wildman–Crippen LogP) is 0.698. The highest BCUT2D eigenvalue weighted by molar-refractivity contribution is 7.09. The highest BCUT2D eigenvalue weighted by atomic mass is 32.1. The number of aryl methyl sites for hydroxylation is 2. The van der Waals surface area contributed by atoms with Gasteiger partial charge in [0, 0.05) is 31.7 Å². The van der Waals surface area contributed by atoms with Crippen molar-refractivity contribution in [1.82, 2.24) is 20.1 Å². The zero-order chi connectivity index (χ0) is 13.7. The van der Waals surface area contributed by atoms with Crippen LogP contribution in [0.2, 0.25) is 0 Å². The molecule has 0 unspecified atom stereocenters. The zero-order valence-corrected chi connectivity index (χ0v) is 11.6. The van der Waals surface area contributed by atoms with Crippen LogP contribution in [0.25, 0.3) is 0 Å². The normalized spacial score (nSPS) is 10.6. The van der Waals surface area contributed by atoms with Crippen LogP contribution in [-0.4, -0.2) is 27.2 Å². The maximum Gasteiger partial charge on any atom is 0.270 e. The molecular formula is C12H17N5OS. The molecule has 0 radical (unpaired) electrons. The van der Waals surface area contributed by atoms with Crippen LogP contribution < -0.4 is 11.1 Å². The highest BCUT2D eigenvalue weighted by Crippen LogP contribution is 2.08. The van der Waals surface area contributed by atoms with Crippen molar-refractivity contribution in [3.05, 3.63) is 34.0 Å². The molecule has 0 aliphatic heterocycles. The fourth-order valence-electron chi connectivity index (χ4n) is 1.69. The molecule has 7 heteroatoms. The molecule has 19 heavy (non-hydrogen) atoms. The maximum absolute atomic E-state index is 11.8. The van der Waals surface area contributed by atoms with E-state index in [-0.39, 0.29) is 5.91 Å². The van der Waals surface area contributed by atoms with Gasteiger partial charge in [-0.05, 0) is 18.4 Å². The first-order valence-corrected chi connectivity index (χ1v) is 6.97. The second-order valence-corrected chi connectivity index (χ2v) is 5.15. The summed E-state index contributed by atoms with van der Waals surface area (Å²) in [5.41, 5.74) is 7.09. The van der Waals surface area contributed by atoms with Gasteiger partial charge in [-0.3, -0.25) is 9.48 Å². The number of aromatic nitrogens is 3. The van der Waals surface area contributed by atoms with Crippen LogP contribution in [0.5, 0.6) is 0 Å². The van der Waals surface area contributed by atoms with E-state index in [0.29, 0.717) is 18.8 Å². The smallest absolute Gasteiger partial charge is 0.270 e. The van der Waals surface area contributed by atoms with Crippen molar-refractivity contribution in [2.75, 3.05) is 6.54 Å². The largest absolute Gasteiger partial charge is 0.351 e. The summed E-state index contributed by atoms with van der Waals surface area (Å²) in [6.07, 6.45) is 5.61. The van der Waals surface area contributed by atoms with E-state index in [1.54, 1.807) is 10.1 Å². The first-order valence-electron chi connectivity index (χ1n) is 6.09. The van der Waals surface area contributed by atoms with Crippen molar-refractivity contribution < 1.29 is 4.79 Å². The fourth-order valence-corrected chi connectivity index (χ4v) is 2.35. The molecule has 0 aromatic carbocycles. The van der Waals surface area contributed by atoms with Crippen LogP contribution in [0.4, 0.5) is 0 Å². The number of rotatable bonds is 6. The summed E-state index contributed by atoms with van der Waals surface area (Å²) in [6, 6.07) is 0. The van der Waals surface area contributed by atoms with E-state index in [1.807, 2.05) is 19.4 Å². The molecule has 0 atom stereocenters. The Morgan fingerprint density at radius 2 is 2.42 bits per heavy atom. The number of nitrogens with two attached hydrogens (primary N) is 1. The van der Waals surface area contributed by atoms with Gasteiger partial charge in [0.15, 0.2) is 0 Å². The van der Waals surface area contributed by atoms with E-state index in [4.69, 9.17) is 5.73 Å². The van der Waals surface area contributed by atoms with Crippen LogP contribution in [0, 0.1) is 0 Å². The minimum absolute atomic E-state index is 0.137. The topological polar surface area (TPSA) is 85.8 Å². The fraction of sp³-hybridized carbons (Fsp3) is 0.417. The van der Waals surface area contributed by atoms with Crippen LogP contribution in [-0.2, 0) is 20.0 Å². The number of nitrogens with zero attached hydrogens (tertiary/aromatic N) is 3. The van der Waals surface area contributed by atoms with E-state index in [1.165, 1.54) is 16.9 Å². The quantitative estimate of drug-likeness (QED) is 0.762. The van der Waals surface area contributed by atoms with E-state index >= 15 is 0 Å². The number of hydrogen-bond acceptors (Lipinski definition) is 5. The van der Waals surface area contributed by atoms with Gasteiger partial charge in [-0.1, -0.05) is 0 Å². The van der Waals surface area contributed by atoms with Crippen molar-refractivity contribution in [1.29, 1.82) is 0 Å². The van der Waals surface area contributed by atoms with Crippen LogP contribution in [0.15, 0.2) is 17.8 Å². The third-order valence-electron chi connectivity index (χ3n) is 2.65. The molecule has 2 heterocycles. The molecule has 0 saturated carbocycles. The van der Waals surface area contributed by atoms with Crippen molar-refractivity contribution in [3.8, 4) is 0 Å². The van der Waals surface area contributed by atoms with E-state index in [2.05, 4.69) is 15.4 Å². The second kappa shape index (κ2) is 6.44. The number of hydrogen-bond donors (Lipinski definition) is 2. The molecule has 0 bridgehead atoms. The SMILES string of the molecule is Cn1cc(CCCNC(=O)c2csc(CN)n2)cn1. The minimum atomic E-state index is -0.137. The number of carbonyl (C=O) groups is 1. The number of nitrogens with one attached hydrogen (secondary N) is 1. The molecule has 2 rings (SSSR count). The third-order valence-corrected chi connectivity index (χ3v) is 3.52. The minimum Gasteiger partial charge on any atom is -0.351 e. The molecule has 0 fully saturated rings. The molecule has 0 spiro atoms. The van der Waals surface area contributed by atoms with Gasteiger partial charge < -0.3 is 11.1 Å². The number of thiazole rings is 1. The monoisotopic (exact) mass is 279 g/mol. The molecule has 1 amide bonds. The Hall–Kier alpha value is -1.73. The lowest BCUT2D eigenvalue weighted by atomic mass is 10.2. The van der Waals surface area contributed by atoms with E-state index in [9.17, 15) is 4.79 Å². The Bertz CT molecular complexity index is 548. The van der Waals surface area contributed by atoms with Gasteiger partial charge >= 0.3 is 0 Å². The molecule has 2 aromatic rings. The predicted molar refractivity (Wildman–Crippen MR) is 73.9 cm³/mol. The van der Waals surface area contributed by atoms with E-state index < -0.39 is 0 Å². The first kappa shape index (κ1) is 13.7. The summed E-state index contributed by atoms with van der Waals surface area (Å²) in [5.74, 6) is -0.137. The first-order chi connectivity index (χ1) is 9.19. The van der Waals surface area contributed by atoms with Gasteiger partial charge in [-0.25, -0.2) is 4.98 Å². The average Bonchev–Trinajstić information content (AvgIpc) is 3.03. The molecular weight excluding hydrogens is 262 g/mol. The molecule has 0 saturated heterocycles. The van der Waals surface area contributed by atoms with Crippen molar-refractivity contribution in [2.24, 2.45) is 12.8 Å². The summed E-state index contributed by atoms with van der Waals surface area (Å²) in [5, 5.41) is 9.46. The number of carbonyl (C=O) groups excluding carboxylic acids is 1. The van der Waals surface area contributed by atoms with Gasteiger partial charge in [0.1, 0.15) is 10.7 Å². The Labute approximate surface area is 115 Å². The molecule has 102 valence electrons. The lowest BCUT2D eigenvalue weighted by molar-refractivity contribution is 0.0949. The molecule has 6 nitrogen and oxygen atoms in total. The van der Waals surface area contributed by atoms with Crippen LogP contribution in [0.1, 0.15) is 27.5 Å².